The Balaban J connectivity index is 1.41. The van der Waals surface area contributed by atoms with Gasteiger partial charge in [-0.1, -0.05) is 116 Å². The van der Waals surface area contributed by atoms with E-state index in [9.17, 15) is 88.5 Å². The number of esters is 1. The Hall–Kier alpha value is -8.73. The molecule has 16 N–H and O–H groups in total. The van der Waals surface area contributed by atoms with Gasteiger partial charge in [0.2, 0.25) is 65.0 Å². The Labute approximate surface area is 604 Å². The van der Waals surface area contributed by atoms with Crippen LogP contribution in [-0.2, 0) is 79.9 Å². The van der Waals surface area contributed by atoms with Gasteiger partial charge < -0.3 is 103 Å². The molecular formula is C71H106N12O21. The lowest BCUT2D eigenvalue weighted by Crippen LogP contribution is -2.62. The van der Waals surface area contributed by atoms with Crippen molar-refractivity contribution in [1.82, 2.24) is 62.6 Å². The fraction of sp³-hybridized carbons (Fsp3) is 0.648. The quantitative estimate of drug-likeness (QED) is 0.0555. The van der Waals surface area contributed by atoms with Crippen LogP contribution in [0.5, 0.6) is 0 Å². The first-order chi connectivity index (χ1) is 49.2. The summed E-state index contributed by atoms with van der Waals surface area (Å²) in [6.07, 6.45) is -9.50. The maximum absolute atomic E-state index is 15.1. The third-order valence-corrected chi connectivity index (χ3v) is 20.0. The van der Waals surface area contributed by atoms with Crippen LogP contribution in [0.15, 0.2) is 60.7 Å². The van der Waals surface area contributed by atoms with E-state index in [1.807, 2.05) is 12.1 Å². The topological polar surface area (TPSA) is 491 Å². The second-order valence-corrected chi connectivity index (χ2v) is 28.2. The first-order valence-electron chi connectivity index (χ1n) is 35.7. The van der Waals surface area contributed by atoms with Crippen molar-refractivity contribution >= 4 is 76.9 Å². The van der Waals surface area contributed by atoms with E-state index in [0.29, 0.717) is 5.56 Å². The Morgan fingerprint density at radius 2 is 1.19 bits per heavy atom. The normalized spacial score (nSPS) is 29.4. The zero-order chi connectivity index (χ0) is 77.0. The molecule has 576 valence electrons. The van der Waals surface area contributed by atoms with Crippen LogP contribution in [0.25, 0.3) is 0 Å². The highest BCUT2D eigenvalue weighted by Gasteiger charge is 2.53. The summed E-state index contributed by atoms with van der Waals surface area (Å²) >= 11 is 0. The molecule has 33 heteroatoms. The van der Waals surface area contributed by atoms with E-state index in [-0.39, 0.29) is 51.5 Å². The Bertz CT molecular complexity index is 3320. The summed E-state index contributed by atoms with van der Waals surface area (Å²) in [6, 6.07) is 1.39. The largest absolute Gasteiger partial charge is 0.461 e. The van der Waals surface area contributed by atoms with Gasteiger partial charge in [0.25, 0.3) is 5.91 Å². The molecule has 12 amide bonds. The number of amides is 12. The third-order valence-electron chi connectivity index (χ3n) is 20.0. The van der Waals surface area contributed by atoms with Gasteiger partial charge in [0, 0.05) is 57.8 Å². The Morgan fingerprint density at radius 1 is 0.615 bits per heavy atom. The number of carbonyl (C=O) groups is 13. The molecule has 2 aromatic carbocycles. The predicted molar refractivity (Wildman–Crippen MR) is 371 cm³/mol. The summed E-state index contributed by atoms with van der Waals surface area (Å²) in [5.41, 5.74) is 1.33. The smallest absolute Gasteiger partial charge is 0.328 e. The number of hydrogen-bond acceptors (Lipinski definition) is 21. The van der Waals surface area contributed by atoms with Crippen LogP contribution in [0.1, 0.15) is 118 Å². The van der Waals surface area contributed by atoms with Gasteiger partial charge in [0.15, 0.2) is 6.10 Å². The van der Waals surface area contributed by atoms with Crippen molar-refractivity contribution in [3.8, 4) is 0 Å². The van der Waals surface area contributed by atoms with Crippen LogP contribution in [0, 0.1) is 29.6 Å². The molecule has 2 aromatic rings. The number of fused-ring (bicyclic) bond motifs is 3. The number of ether oxygens (including phenoxy) is 1. The second-order valence-electron chi connectivity index (χ2n) is 28.2. The average Bonchev–Trinajstić information content (AvgIpc) is 1.62. The van der Waals surface area contributed by atoms with E-state index in [2.05, 4.69) is 47.9 Å². The molecule has 4 fully saturated rings. The van der Waals surface area contributed by atoms with Gasteiger partial charge in [-0.05, 0) is 74.3 Å². The highest BCUT2D eigenvalue weighted by Crippen LogP contribution is 2.33. The summed E-state index contributed by atoms with van der Waals surface area (Å²) in [5.74, 6) is -17.2. The number of carbonyl (C=O) groups excluding carboxylic acids is 13. The van der Waals surface area contributed by atoms with E-state index in [4.69, 9.17) is 4.74 Å². The van der Waals surface area contributed by atoms with Crippen molar-refractivity contribution in [2.45, 2.75) is 217 Å². The van der Waals surface area contributed by atoms with Crippen molar-refractivity contribution in [2.75, 3.05) is 45.9 Å². The minimum absolute atomic E-state index is 0.0969. The second kappa shape index (κ2) is 39.4. The lowest BCUT2D eigenvalue weighted by atomic mass is 9.94. The first kappa shape index (κ1) is 84.2. The van der Waals surface area contributed by atoms with Crippen molar-refractivity contribution in [1.29, 1.82) is 0 Å². The first-order valence-corrected chi connectivity index (χ1v) is 35.7. The highest BCUT2D eigenvalue weighted by molar-refractivity contribution is 5.99. The molecule has 0 aromatic heterocycles. The van der Waals surface area contributed by atoms with Crippen molar-refractivity contribution in [3.63, 3.8) is 0 Å². The van der Waals surface area contributed by atoms with Crippen molar-refractivity contribution < 1.29 is 103 Å². The van der Waals surface area contributed by atoms with Gasteiger partial charge in [-0.2, -0.15) is 0 Å². The number of nitrogens with one attached hydrogen (secondary N) is 9. The van der Waals surface area contributed by atoms with E-state index in [0.717, 1.165) is 27.2 Å². The summed E-state index contributed by atoms with van der Waals surface area (Å²) < 4.78 is 5.91. The van der Waals surface area contributed by atoms with E-state index < -0.39 is 256 Å². The monoisotopic (exact) mass is 1460 g/mol. The van der Waals surface area contributed by atoms with E-state index >= 15 is 9.59 Å². The lowest BCUT2D eigenvalue weighted by Gasteiger charge is -2.35. The molecule has 33 nitrogen and oxygen atoms in total. The number of benzene rings is 2. The zero-order valence-corrected chi connectivity index (χ0v) is 60.4. The van der Waals surface area contributed by atoms with E-state index in [1.54, 1.807) is 83.1 Å². The lowest BCUT2D eigenvalue weighted by molar-refractivity contribution is -0.154. The van der Waals surface area contributed by atoms with Crippen LogP contribution >= 0.6 is 0 Å². The van der Waals surface area contributed by atoms with Gasteiger partial charge in [-0.3, -0.25) is 57.5 Å². The minimum atomic E-state index is -2.42. The number of aliphatic hydroxyl groups excluding tert-OH is 7. The number of nitrogens with zero attached hydrogens (tertiary/aromatic N) is 3. The molecule has 0 spiro atoms. The van der Waals surface area contributed by atoms with Crippen LogP contribution in [0.3, 0.4) is 0 Å². The molecule has 20 unspecified atom stereocenters. The summed E-state index contributed by atoms with van der Waals surface area (Å²) in [5, 5.41) is 101. The number of aliphatic hydroxyl groups is 7. The maximum atomic E-state index is 15.1. The molecule has 20 atom stereocenters. The SMILES string of the molecule is CCC(C)C1NC(=O)C2C(C)C(O)CN2C(=O)C2C(C)C(O)CN2C(=O)CNC(=O)C(CO)NC(=O)C(O)C(CC(CCCC(O)Cc2ccccc2)OC(=O)C(C)NC(C)=O)NC(=O)C2C(C)CCN2C(=O)C(C(O)C(C)C)NC(=O)CNC(=O)C(Cc2ccccc2)NC(=O)C(CCO)NC1=O. The summed E-state index contributed by atoms with van der Waals surface area (Å²) in [6.45, 7) is 8.62. The van der Waals surface area contributed by atoms with Gasteiger partial charge in [0.05, 0.1) is 50.2 Å². The van der Waals surface area contributed by atoms with Gasteiger partial charge >= 0.3 is 5.97 Å². The molecule has 0 aliphatic carbocycles. The Kier molecular flexibility index (Phi) is 31.9. The minimum Gasteiger partial charge on any atom is -0.461 e. The molecule has 0 saturated carbocycles. The Morgan fingerprint density at radius 3 is 1.80 bits per heavy atom. The highest BCUT2D eigenvalue weighted by atomic mass is 16.5. The predicted octanol–water partition coefficient (Wildman–Crippen LogP) is -4.56. The fourth-order valence-corrected chi connectivity index (χ4v) is 13.5. The molecule has 4 aliphatic heterocycles. The van der Waals surface area contributed by atoms with Crippen molar-refractivity contribution in [2.24, 2.45) is 29.6 Å². The zero-order valence-electron chi connectivity index (χ0n) is 60.4. The van der Waals surface area contributed by atoms with E-state index in [1.165, 1.54) is 20.8 Å². The molecule has 104 heavy (non-hydrogen) atoms. The number of hydrogen-bond donors (Lipinski definition) is 16. The summed E-state index contributed by atoms with van der Waals surface area (Å²) in [7, 11) is 0. The summed E-state index contributed by atoms with van der Waals surface area (Å²) in [4.78, 5) is 189. The molecular weight excluding hydrogens is 1360 g/mol. The average molecular weight is 1460 g/mol. The van der Waals surface area contributed by atoms with Gasteiger partial charge in [0.1, 0.15) is 60.5 Å². The van der Waals surface area contributed by atoms with Crippen LogP contribution < -0.4 is 47.9 Å². The molecule has 4 aliphatic rings. The number of rotatable bonds is 20. The maximum Gasteiger partial charge on any atom is 0.328 e. The molecule has 4 heterocycles. The van der Waals surface area contributed by atoms with Gasteiger partial charge in [-0.25, -0.2) is 4.79 Å². The van der Waals surface area contributed by atoms with Crippen molar-refractivity contribution in [3.05, 3.63) is 71.8 Å². The third kappa shape index (κ3) is 22.6. The van der Waals surface area contributed by atoms with Crippen LogP contribution in [-0.4, -0.2) is 270 Å². The van der Waals surface area contributed by atoms with Crippen LogP contribution in [0.4, 0.5) is 0 Å². The molecule has 0 radical (unpaired) electrons. The van der Waals surface area contributed by atoms with Crippen LogP contribution in [0.2, 0.25) is 0 Å². The molecule has 6 rings (SSSR count). The molecule has 0 bridgehead atoms. The molecule has 4 saturated heterocycles. The van der Waals surface area contributed by atoms with Gasteiger partial charge in [-0.15, -0.1) is 0 Å². The standard InChI is InChI=1S/C71H106N12O21/c1-10-37(4)55-65(97)75-47(25-27-84)64(96)77-49(29-44-20-15-12-16-21-44)62(94)72-31-53(90)79-56(60(92)36(2)3)69(101)81-26-24-38(5)57(81)66(98)76-48(30-46(104-71(103)41(8)74-42(9)86)23-17-22-45(87)28-43-18-13-11-14-19-43)61(93)68(100)78-50(35-85)63(95)73-32-54(91)82-33-51(88)40(7)59(82)70(102)83-34-52(89)39(6)58(83)67(99)80-55/h11-16,18-21,36-41,45-52,55-61,84-85,87-89,92-93H,10,17,22-35H2,1-9H3,(H,72,94)(H,73,95)(H,74,86)(H,75,97)(H,76,98)(H,77,96)(H,78,100)(H,79,90)(H,80,99). The fourth-order valence-electron chi connectivity index (χ4n) is 13.5.